The molecule has 0 bridgehead atoms. The number of rotatable bonds is 4. The number of hydrogen-bond acceptors (Lipinski definition) is 5. The number of carbonyl (C=O) groups excluding carboxylic acids is 3. The number of fused-ring (bicyclic) bond motifs is 1. The maximum Gasteiger partial charge on any atom is 0.283 e. The summed E-state index contributed by atoms with van der Waals surface area (Å²) in [6.07, 6.45) is 0. The second-order valence-electron chi connectivity index (χ2n) is 6.72. The lowest BCUT2D eigenvalue weighted by atomic mass is 10.1. The molecular formula is C22H15N3O5. The second kappa shape index (κ2) is 7.25. The Balaban J connectivity index is 1.60. The highest BCUT2D eigenvalue weighted by Gasteiger charge is 2.41. The number of hydrogen-bond donors (Lipinski definition) is 1. The zero-order valence-corrected chi connectivity index (χ0v) is 15.8. The Morgan fingerprint density at radius 1 is 0.933 bits per heavy atom. The van der Waals surface area contributed by atoms with E-state index in [0.29, 0.717) is 11.3 Å². The van der Waals surface area contributed by atoms with Gasteiger partial charge in [-0.2, -0.15) is 0 Å². The first-order chi connectivity index (χ1) is 14.4. The molecule has 0 atom stereocenters. The Labute approximate surface area is 170 Å². The van der Waals surface area contributed by atoms with Crippen molar-refractivity contribution in [3.8, 4) is 0 Å². The maximum absolute atomic E-state index is 12.8. The van der Waals surface area contributed by atoms with E-state index in [-0.39, 0.29) is 22.7 Å². The van der Waals surface area contributed by atoms with Crippen LogP contribution >= 0.6 is 0 Å². The normalized spacial score (nSPS) is 12.6. The van der Waals surface area contributed by atoms with Gasteiger partial charge in [0.1, 0.15) is 5.56 Å². The third-order valence-corrected chi connectivity index (χ3v) is 4.87. The molecule has 1 aliphatic heterocycles. The first-order valence-electron chi connectivity index (χ1n) is 9.01. The van der Waals surface area contributed by atoms with Crippen LogP contribution in [0.15, 0.2) is 66.7 Å². The van der Waals surface area contributed by atoms with Crippen molar-refractivity contribution in [1.82, 2.24) is 0 Å². The molecular weight excluding hydrogens is 386 g/mol. The predicted molar refractivity (Wildman–Crippen MR) is 110 cm³/mol. The monoisotopic (exact) mass is 401 g/mol. The molecule has 1 aliphatic rings. The van der Waals surface area contributed by atoms with E-state index >= 15 is 0 Å². The number of imide groups is 1. The number of nitrogens with zero attached hydrogens (tertiary/aromatic N) is 2. The highest BCUT2D eigenvalue weighted by molar-refractivity contribution is 6.35. The van der Waals surface area contributed by atoms with Crippen LogP contribution in [0.2, 0.25) is 0 Å². The van der Waals surface area contributed by atoms with Crippen LogP contribution in [0.1, 0.15) is 36.6 Å². The zero-order chi connectivity index (χ0) is 21.4. The van der Waals surface area contributed by atoms with Crippen LogP contribution in [0, 0.1) is 17.0 Å². The van der Waals surface area contributed by atoms with Crippen molar-refractivity contribution in [1.29, 1.82) is 0 Å². The Hall–Kier alpha value is -4.33. The van der Waals surface area contributed by atoms with Gasteiger partial charge < -0.3 is 5.32 Å². The molecule has 3 aromatic rings. The van der Waals surface area contributed by atoms with Crippen LogP contribution < -0.4 is 10.2 Å². The second-order valence-corrected chi connectivity index (χ2v) is 6.72. The number of nitro benzene ring substituents is 1. The van der Waals surface area contributed by atoms with E-state index in [1.54, 1.807) is 6.07 Å². The summed E-state index contributed by atoms with van der Waals surface area (Å²) in [6.45, 7) is 1.88. The number of carbonyl (C=O) groups is 3. The number of para-hydroxylation sites is 1. The molecule has 0 saturated heterocycles. The summed E-state index contributed by atoms with van der Waals surface area (Å²) in [5.41, 5.74) is 1.49. The predicted octanol–water partition coefficient (Wildman–Crippen LogP) is 3.96. The van der Waals surface area contributed by atoms with E-state index in [2.05, 4.69) is 5.32 Å². The molecule has 148 valence electrons. The Bertz CT molecular complexity index is 1220. The van der Waals surface area contributed by atoms with Gasteiger partial charge in [0.25, 0.3) is 23.4 Å². The summed E-state index contributed by atoms with van der Waals surface area (Å²) in [5.74, 6) is -1.75. The molecule has 0 aromatic heterocycles. The minimum Gasteiger partial charge on any atom is -0.322 e. The van der Waals surface area contributed by atoms with Crippen LogP contribution in [0.4, 0.5) is 17.1 Å². The number of aryl methyl sites for hydroxylation is 1. The smallest absolute Gasteiger partial charge is 0.283 e. The van der Waals surface area contributed by atoms with E-state index in [9.17, 15) is 24.5 Å². The summed E-state index contributed by atoms with van der Waals surface area (Å²) >= 11 is 0. The van der Waals surface area contributed by atoms with Crippen molar-refractivity contribution in [3.63, 3.8) is 0 Å². The fourth-order valence-corrected chi connectivity index (χ4v) is 3.32. The fourth-order valence-electron chi connectivity index (χ4n) is 3.32. The third-order valence-electron chi connectivity index (χ3n) is 4.87. The van der Waals surface area contributed by atoms with Gasteiger partial charge in [-0.3, -0.25) is 24.5 Å². The first-order valence-corrected chi connectivity index (χ1v) is 9.01. The topological polar surface area (TPSA) is 110 Å². The molecule has 3 amide bonds. The summed E-state index contributed by atoms with van der Waals surface area (Å²) in [5, 5.41) is 14.0. The molecule has 3 aromatic carbocycles. The van der Waals surface area contributed by atoms with Crippen molar-refractivity contribution in [2.24, 2.45) is 0 Å². The fraction of sp³-hybridized carbons (Fsp3) is 0.0455. The van der Waals surface area contributed by atoms with Gasteiger partial charge in [-0.15, -0.1) is 0 Å². The summed E-state index contributed by atoms with van der Waals surface area (Å²) < 4.78 is 0. The summed E-state index contributed by atoms with van der Waals surface area (Å²) in [4.78, 5) is 49.3. The van der Waals surface area contributed by atoms with Crippen LogP contribution in [0.25, 0.3) is 0 Å². The minimum atomic E-state index is -0.764. The molecule has 0 spiro atoms. The standard InChI is InChI=1S/C22H15N3O5/c1-13-5-2-3-7-17(13)23-20(26)14-9-11-15(12-10-14)24-21(27)16-6-4-8-18(25(29)30)19(16)22(24)28/h2-12H,1H3,(H,23,26). The average Bonchev–Trinajstić information content (AvgIpc) is 3.00. The van der Waals surface area contributed by atoms with Crippen molar-refractivity contribution in [2.75, 3.05) is 10.2 Å². The van der Waals surface area contributed by atoms with Crippen molar-refractivity contribution in [2.45, 2.75) is 6.92 Å². The van der Waals surface area contributed by atoms with E-state index in [1.165, 1.54) is 42.5 Å². The van der Waals surface area contributed by atoms with Crippen LogP contribution in [0.5, 0.6) is 0 Å². The molecule has 8 nitrogen and oxygen atoms in total. The number of benzene rings is 3. The minimum absolute atomic E-state index is 0.0180. The van der Waals surface area contributed by atoms with Gasteiger partial charge in [0.2, 0.25) is 0 Å². The van der Waals surface area contributed by atoms with E-state index in [0.717, 1.165) is 10.5 Å². The molecule has 8 heteroatoms. The zero-order valence-electron chi connectivity index (χ0n) is 15.8. The molecule has 0 fully saturated rings. The van der Waals surface area contributed by atoms with Gasteiger partial charge in [0.15, 0.2) is 0 Å². The quantitative estimate of drug-likeness (QED) is 0.404. The highest BCUT2D eigenvalue weighted by atomic mass is 16.6. The molecule has 30 heavy (non-hydrogen) atoms. The first kappa shape index (κ1) is 19.0. The highest BCUT2D eigenvalue weighted by Crippen LogP contribution is 2.33. The third kappa shape index (κ3) is 3.10. The molecule has 4 rings (SSSR count). The lowest BCUT2D eigenvalue weighted by molar-refractivity contribution is -0.385. The van der Waals surface area contributed by atoms with Crippen molar-refractivity contribution in [3.05, 3.63) is 99.1 Å². The number of anilines is 2. The lowest BCUT2D eigenvalue weighted by Crippen LogP contribution is -2.29. The van der Waals surface area contributed by atoms with Gasteiger partial charge in [-0.25, -0.2) is 4.90 Å². The van der Waals surface area contributed by atoms with Crippen LogP contribution in [-0.4, -0.2) is 22.6 Å². The van der Waals surface area contributed by atoms with Gasteiger partial charge >= 0.3 is 0 Å². The summed E-state index contributed by atoms with van der Waals surface area (Å²) in [6, 6.07) is 17.2. The van der Waals surface area contributed by atoms with Crippen molar-refractivity contribution < 1.29 is 19.3 Å². The molecule has 1 N–H and O–H groups in total. The molecule has 1 heterocycles. The Morgan fingerprint density at radius 3 is 2.30 bits per heavy atom. The van der Waals surface area contributed by atoms with Crippen LogP contribution in [-0.2, 0) is 0 Å². The maximum atomic E-state index is 12.8. The van der Waals surface area contributed by atoms with Gasteiger partial charge in [-0.1, -0.05) is 24.3 Å². The van der Waals surface area contributed by atoms with E-state index in [4.69, 9.17) is 0 Å². The Kier molecular flexibility index (Phi) is 4.59. The molecule has 0 unspecified atom stereocenters. The summed E-state index contributed by atoms with van der Waals surface area (Å²) in [7, 11) is 0. The number of nitro groups is 1. The van der Waals surface area contributed by atoms with E-state index in [1.807, 2.05) is 25.1 Å². The number of nitrogens with one attached hydrogen (secondary N) is 1. The van der Waals surface area contributed by atoms with E-state index < -0.39 is 22.4 Å². The molecule has 0 radical (unpaired) electrons. The Morgan fingerprint density at radius 2 is 1.63 bits per heavy atom. The SMILES string of the molecule is Cc1ccccc1NC(=O)c1ccc(N2C(=O)c3cccc([N+](=O)[O-])c3C2=O)cc1. The largest absolute Gasteiger partial charge is 0.322 e. The average molecular weight is 401 g/mol. The van der Waals surface area contributed by atoms with Crippen molar-refractivity contribution >= 4 is 34.8 Å². The van der Waals surface area contributed by atoms with Gasteiger partial charge in [0, 0.05) is 17.3 Å². The van der Waals surface area contributed by atoms with Crippen LogP contribution in [0.3, 0.4) is 0 Å². The number of amides is 3. The molecule has 0 aliphatic carbocycles. The molecule has 0 saturated carbocycles. The van der Waals surface area contributed by atoms with Gasteiger partial charge in [-0.05, 0) is 48.9 Å². The van der Waals surface area contributed by atoms with Gasteiger partial charge in [0.05, 0.1) is 16.2 Å². The lowest BCUT2D eigenvalue weighted by Gasteiger charge is -2.14.